The summed E-state index contributed by atoms with van der Waals surface area (Å²) in [6.45, 7) is 6.27. The van der Waals surface area contributed by atoms with Gasteiger partial charge in [0, 0.05) is 36.8 Å². The van der Waals surface area contributed by atoms with Gasteiger partial charge in [-0.1, -0.05) is 30.3 Å². The highest BCUT2D eigenvalue weighted by molar-refractivity contribution is 5.90. The van der Waals surface area contributed by atoms with E-state index >= 15 is 0 Å². The number of hydrogen-bond donors (Lipinski definition) is 2. The molecule has 0 bridgehead atoms. The Kier molecular flexibility index (Phi) is 5.48. The lowest BCUT2D eigenvalue weighted by atomic mass is 9.78. The topological polar surface area (TPSA) is 57.5 Å². The zero-order valence-corrected chi connectivity index (χ0v) is 18.5. The molecule has 1 aliphatic carbocycles. The summed E-state index contributed by atoms with van der Waals surface area (Å²) in [4.78, 5) is 15.8. The number of para-hydroxylation sites is 2. The number of allylic oxidation sites excluding steroid dienone is 1. The zero-order chi connectivity index (χ0) is 22.1. The molecule has 0 saturated heterocycles. The summed E-state index contributed by atoms with van der Waals surface area (Å²) >= 11 is 0. The number of nitrogens with zero attached hydrogens (tertiary/aromatic N) is 1. The lowest BCUT2D eigenvalue weighted by Gasteiger charge is -2.32. The van der Waals surface area contributed by atoms with Crippen LogP contribution in [0.25, 0.3) is 0 Å². The van der Waals surface area contributed by atoms with E-state index in [1.807, 2.05) is 30.3 Å². The molecule has 2 N–H and O–H groups in total. The van der Waals surface area contributed by atoms with Crippen molar-refractivity contribution in [1.29, 1.82) is 0 Å². The van der Waals surface area contributed by atoms with Crippen LogP contribution in [0.15, 0.2) is 83.1 Å². The van der Waals surface area contributed by atoms with Crippen LogP contribution in [-0.2, 0) is 4.79 Å². The predicted octanol–water partition coefficient (Wildman–Crippen LogP) is 5.96. The molecule has 2 aromatic carbocycles. The van der Waals surface area contributed by atoms with Crippen molar-refractivity contribution in [3.05, 3.63) is 90.0 Å². The highest BCUT2D eigenvalue weighted by Crippen LogP contribution is 2.44. The van der Waals surface area contributed by atoms with Crippen molar-refractivity contribution in [1.82, 2.24) is 0 Å². The Bertz CT molecular complexity index is 1110. The molecular formula is C27H29N3O2. The molecule has 0 fully saturated rings. The van der Waals surface area contributed by atoms with Crippen LogP contribution in [0.2, 0.25) is 0 Å². The fourth-order valence-corrected chi connectivity index (χ4v) is 4.95. The van der Waals surface area contributed by atoms with Crippen molar-refractivity contribution in [2.24, 2.45) is 5.92 Å². The summed E-state index contributed by atoms with van der Waals surface area (Å²) in [5.41, 5.74) is 5.24. The average Bonchev–Trinajstić information content (AvgIpc) is 3.29. The minimum atomic E-state index is -0.284. The summed E-state index contributed by atoms with van der Waals surface area (Å²) in [7, 11) is 0. The number of carbonyl (C=O) groups excluding carboxylic acids is 1. The van der Waals surface area contributed by atoms with Gasteiger partial charge in [-0.25, -0.2) is 0 Å². The van der Waals surface area contributed by atoms with E-state index in [1.54, 1.807) is 6.26 Å². The SMILES string of the molecule is CCN(CC)c1ccc(C2Nc3ccccc3NC3=CC(c4ccco4)CC(=O)C32)cc1. The third-order valence-corrected chi connectivity index (χ3v) is 6.62. The number of hydrogen-bond acceptors (Lipinski definition) is 5. The van der Waals surface area contributed by atoms with Gasteiger partial charge in [0.25, 0.3) is 0 Å². The van der Waals surface area contributed by atoms with Crippen molar-refractivity contribution >= 4 is 22.8 Å². The third-order valence-electron chi connectivity index (χ3n) is 6.62. The second kappa shape index (κ2) is 8.58. The molecule has 0 saturated carbocycles. The van der Waals surface area contributed by atoms with E-state index in [2.05, 4.69) is 65.8 Å². The minimum Gasteiger partial charge on any atom is -0.469 e. The Hall–Kier alpha value is -3.47. The van der Waals surface area contributed by atoms with Crippen molar-refractivity contribution in [3.63, 3.8) is 0 Å². The summed E-state index contributed by atoms with van der Waals surface area (Å²) < 4.78 is 5.63. The maximum atomic E-state index is 13.5. The van der Waals surface area contributed by atoms with Crippen molar-refractivity contribution in [2.75, 3.05) is 28.6 Å². The molecular weight excluding hydrogens is 398 g/mol. The molecule has 0 radical (unpaired) electrons. The lowest BCUT2D eigenvalue weighted by Crippen LogP contribution is -2.33. The molecule has 3 atom stereocenters. The van der Waals surface area contributed by atoms with Crippen LogP contribution in [0.5, 0.6) is 0 Å². The largest absolute Gasteiger partial charge is 0.469 e. The predicted molar refractivity (Wildman–Crippen MR) is 129 cm³/mol. The lowest BCUT2D eigenvalue weighted by molar-refractivity contribution is -0.122. The van der Waals surface area contributed by atoms with Crippen molar-refractivity contribution in [2.45, 2.75) is 32.2 Å². The van der Waals surface area contributed by atoms with Crippen LogP contribution < -0.4 is 15.5 Å². The smallest absolute Gasteiger partial charge is 0.145 e. The Morgan fingerprint density at radius 3 is 2.41 bits per heavy atom. The molecule has 5 heteroatoms. The molecule has 1 aromatic heterocycles. The first-order valence-electron chi connectivity index (χ1n) is 11.4. The van der Waals surface area contributed by atoms with Gasteiger partial charge in [0.15, 0.2) is 0 Å². The molecule has 0 amide bonds. The Balaban J connectivity index is 1.56. The van der Waals surface area contributed by atoms with Gasteiger partial charge in [-0.3, -0.25) is 4.79 Å². The van der Waals surface area contributed by atoms with E-state index in [9.17, 15) is 4.79 Å². The van der Waals surface area contributed by atoms with Crippen molar-refractivity contribution < 1.29 is 9.21 Å². The first-order valence-corrected chi connectivity index (χ1v) is 11.4. The highest BCUT2D eigenvalue weighted by Gasteiger charge is 2.40. The molecule has 0 spiro atoms. The van der Waals surface area contributed by atoms with Gasteiger partial charge in [-0.15, -0.1) is 0 Å². The van der Waals surface area contributed by atoms with Crippen LogP contribution in [0, 0.1) is 5.92 Å². The van der Waals surface area contributed by atoms with Crippen LogP contribution in [0.4, 0.5) is 17.1 Å². The number of benzene rings is 2. The molecule has 32 heavy (non-hydrogen) atoms. The van der Waals surface area contributed by atoms with Gasteiger partial charge in [0.2, 0.25) is 0 Å². The standard InChI is InChI=1S/C27H29N3O2/c1-3-30(4-2)20-13-11-18(12-14-20)27-26-23(28-21-8-5-6-9-22(21)29-27)16-19(17-24(26)31)25-10-7-15-32-25/h5-16,19,26-29H,3-4,17H2,1-2H3. The summed E-state index contributed by atoms with van der Waals surface area (Å²) in [5, 5.41) is 7.23. The fraction of sp³-hybridized carbons (Fsp3) is 0.296. The Morgan fingerprint density at radius 2 is 1.72 bits per heavy atom. The number of Topliss-reactive ketones (excluding diaryl/α,β-unsaturated/α-hetero) is 1. The summed E-state index contributed by atoms with van der Waals surface area (Å²) in [5.74, 6) is 0.714. The molecule has 164 valence electrons. The first kappa shape index (κ1) is 20.4. The first-order chi connectivity index (χ1) is 15.7. The van der Waals surface area contributed by atoms with Crippen LogP contribution >= 0.6 is 0 Å². The number of rotatable bonds is 5. The number of ketones is 1. The monoisotopic (exact) mass is 427 g/mol. The number of nitrogens with one attached hydrogen (secondary N) is 2. The fourth-order valence-electron chi connectivity index (χ4n) is 4.95. The molecule has 3 aromatic rings. The quantitative estimate of drug-likeness (QED) is 0.526. The van der Waals surface area contributed by atoms with Crippen molar-refractivity contribution in [3.8, 4) is 0 Å². The second-order valence-corrected chi connectivity index (χ2v) is 8.45. The van der Waals surface area contributed by atoms with E-state index in [1.165, 1.54) is 5.69 Å². The number of furan rings is 1. The Morgan fingerprint density at radius 1 is 0.969 bits per heavy atom. The zero-order valence-electron chi connectivity index (χ0n) is 18.5. The van der Waals surface area contributed by atoms with Gasteiger partial charge in [-0.05, 0) is 55.8 Å². The van der Waals surface area contributed by atoms with Gasteiger partial charge >= 0.3 is 0 Å². The molecule has 2 aliphatic rings. The highest BCUT2D eigenvalue weighted by atomic mass is 16.3. The van der Waals surface area contributed by atoms with E-state index in [-0.39, 0.29) is 23.7 Å². The number of fused-ring (bicyclic) bond motifs is 2. The molecule has 3 unspecified atom stereocenters. The van der Waals surface area contributed by atoms with Gasteiger partial charge in [0.05, 0.1) is 29.6 Å². The second-order valence-electron chi connectivity index (χ2n) is 8.45. The average molecular weight is 428 g/mol. The van der Waals surface area contributed by atoms with Gasteiger partial charge in [-0.2, -0.15) is 0 Å². The van der Waals surface area contributed by atoms with Gasteiger partial charge in [0.1, 0.15) is 11.5 Å². The van der Waals surface area contributed by atoms with Crippen LogP contribution in [0.1, 0.15) is 43.6 Å². The van der Waals surface area contributed by atoms with Gasteiger partial charge < -0.3 is 20.0 Å². The molecule has 2 heterocycles. The van der Waals surface area contributed by atoms with E-state index < -0.39 is 0 Å². The third kappa shape index (κ3) is 3.68. The summed E-state index contributed by atoms with van der Waals surface area (Å²) in [6.07, 6.45) is 4.28. The van der Waals surface area contributed by atoms with Crippen LogP contribution in [0.3, 0.4) is 0 Å². The summed E-state index contributed by atoms with van der Waals surface area (Å²) in [6, 6.07) is 20.5. The maximum absolute atomic E-state index is 13.5. The molecule has 5 nitrogen and oxygen atoms in total. The van der Waals surface area contributed by atoms with E-state index in [4.69, 9.17) is 4.42 Å². The van der Waals surface area contributed by atoms with E-state index in [0.29, 0.717) is 6.42 Å². The molecule has 1 aliphatic heterocycles. The minimum absolute atomic E-state index is 0.0489. The normalized spacial score (nSPS) is 22.0. The van der Waals surface area contributed by atoms with E-state index in [0.717, 1.165) is 41.5 Å². The number of carbonyl (C=O) groups is 1. The maximum Gasteiger partial charge on any atom is 0.145 e. The van der Waals surface area contributed by atoms with Crippen LogP contribution in [-0.4, -0.2) is 18.9 Å². The molecule has 5 rings (SSSR count). The number of anilines is 3. The Labute approximate surface area is 189 Å².